The molecular formula is C24H31N3O4. The Morgan fingerprint density at radius 3 is 2.52 bits per heavy atom. The highest BCUT2D eigenvalue weighted by molar-refractivity contribution is 5.80. The van der Waals surface area contributed by atoms with Crippen LogP contribution in [0.2, 0.25) is 0 Å². The summed E-state index contributed by atoms with van der Waals surface area (Å²) in [6.07, 6.45) is 3.49. The van der Waals surface area contributed by atoms with Gasteiger partial charge in [0.25, 0.3) is 0 Å². The van der Waals surface area contributed by atoms with E-state index in [1.54, 1.807) is 6.20 Å². The fourth-order valence-electron chi connectivity index (χ4n) is 3.48. The number of carbonyl (C=O) groups excluding carboxylic acids is 2. The maximum atomic E-state index is 12.5. The highest BCUT2D eigenvalue weighted by Gasteiger charge is 2.27. The molecule has 0 bridgehead atoms. The molecule has 2 amide bonds. The fraction of sp³-hybridized carbons (Fsp3) is 0.458. The summed E-state index contributed by atoms with van der Waals surface area (Å²) in [7, 11) is 0. The van der Waals surface area contributed by atoms with Crippen LogP contribution < -0.4 is 14.8 Å². The number of carbonyl (C=O) groups is 2. The van der Waals surface area contributed by atoms with Crippen molar-refractivity contribution >= 4 is 11.8 Å². The van der Waals surface area contributed by atoms with Crippen molar-refractivity contribution in [3.05, 3.63) is 54.2 Å². The van der Waals surface area contributed by atoms with Crippen molar-refractivity contribution in [3.63, 3.8) is 0 Å². The molecule has 1 N–H and O–H groups in total. The van der Waals surface area contributed by atoms with E-state index in [-0.39, 0.29) is 23.8 Å². The molecule has 1 aliphatic heterocycles. The van der Waals surface area contributed by atoms with Gasteiger partial charge >= 0.3 is 0 Å². The monoisotopic (exact) mass is 425 g/mol. The summed E-state index contributed by atoms with van der Waals surface area (Å²) in [5.41, 5.74) is 0.926. The minimum Gasteiger partial charge on any atom is -0.493 e. The van der Waals surface area contributed by atoms with Crippen LogP contribution in [0.3, 0.4) is 0 Å². The highest BCUT2D eigenvalue weighted by atomic mass is 16.5. The summed E-state index contributed by atoms with van der Waals surface area (Å²) in [5, 5.41) is 2.98. The molecule has 0 unspecified atom stereocenters. The molecule has 166 valence electrons. The number of nitrogens with zero attached hydrogens (tertiary/aromatic N) is 2. The zero-order chi connectivity index (χ0) is 22.1. The highest BCUT2D eigenvalue weighted by Crippen LogP contribution is 2.19. The van der Waals surface area contributed by atoms with Crippen LogP contribution in [0.4, 0.5) is 0 Å². The SMILES string of the molecule is CC(C)Oc1ccc(CNC(=O)C2CCN(C(=O)CCOc3ccccc3)CC2)cn1. The van der Waals surface area contributed by atoms with E-state index < -0.39 is 0 Å². The molecule has 2 heterocycles. The van der Waals surface area contributed by atoms with Crippen molar-refractivity contribution < 1.29 is 19.1 Å². The average Bonchev–Trinajstić information content (AvgIpc) is 2.79. The van der Waals surface area contributed by atoms with Gasteiger partial charge in [-0.05, 0) is 44.4 Å². The van der Waals surface area contributed by atoms with E-state index >= 15 is 0 Å². The standard InChI is InChI=1S/C24H31N3O4/c1-18(2)31-22-9-8-19(16-25-22)17-26-24(29)20-10-13-27(14-11-20)23(28)12-15-30-21-6-4-3-5-7-21/h3-9,16,18,20H,10-15,17H2,1-2H3,(H,26,29). The summed E-state index contributed by atoms with van der Waals surface area (Å²) in [6.45, 7) is 5.90. The van der Waals surface area contributed by atoms with Crippen LogP contribution in [0.25, 0.3) is 0 Å². The molecule has 1 fully saturated rings. The minimum atomic E-state index is -0.0684. The van der Waals surface area contributed by atoms with E-state index in [9.17, 15) is 9.59 Å². The third-order valence-corrected chi connectivity index (χ3v) is 5.17. The first-order valence-corrected chi connectivity index (χ1v) is 10.9. The number of para-hydroxylation sites is 1. The predicted molar refractivity (Wildman–Crippen MR) is 118 cm³/mol. The van der Waals surface area contributed by atoms with Crippen LogP contribution in [0.1, 0.15) is 38.7 Å². The maximum absolute atomic E-state index is 12.5. The lowest BCUT2D eigenvalue weighted by atomic mass is 9.95. The number of benzene rings is 1. The van der Waals surface area contributed by atoms with Gasteiger partial charge in [-0.25, -0.2) is 4.98 Å². The number of pyridine rings is 1. The van der Waals surface area contributed by atoms with Crippen molar-refractivity contribution in [1.82, 2.24) is 15.2 Å². The van der Waals surface area contributed by atoms with E-state index in [0.29, 0.717) is 51.4 Å². The van der Waals surface area contributed by atoms with E-state index in [0.717, 1.165) is 11.3 Å². The summed E-state index contributed by atoms with van der Waals surface area (Å²) in [5.74, 6) is 1.38. The molecule has 31 heavy (non-hydrogen) atoms. The Bertz CT molecular complexity index is 832. The predicted octanol–water partition coefficient (Wildman–Crippen LogP) is 3.19. The van der Waals surface area contributed by atoms with E-state index in [1.165, 1.54) is 0 Å². The van der Waals surface area contributed by atoms with E-state index in [2.05, 4.69) is 10.3 Å². The molecule has 0 aliphatic carbocycles. The van der Waals surface area contributed by atoms with Crippen LogP contribution in [-0.2, 0) is 16.1 Å². The summed E-state index contributed by atoms with van der Waals surface area (Å²) >= 11 is 0. The number of rotatable bonds is 9. The Balaban J connectivity index is 1.34. The second-order valence-electron chi connectivity index (χ2n) is 7.96. The zero-order valence-electron chi connectivity index (χ0n) is 18.3. The lowest BCUT2D eigenvalue weighted by Gasteiger charge is -2.31. The van der Waals surface area contributed by atoms with Gasteiger partial charge in [-0.15, -0.1) is 0 Å². The van der Waals surface area contributed by atoms with Gasteiger partial charge in [0.15, 0.2) is 0 Å². The molecule has 7 heteroatoms. The van der Waals surface area contributed by atoms with Gasteiger partial charge in [0.1, 0.15) is 5.75 Å². The van der Waals surface area contributed by atoms with E-state index in [4.69, 9.17) is 9.47 Å². The topological polar surface area (TPSA) is 80.8 Å². The van der Waals surface area contributed by atoms with Crippen molar-refractivity contribution in [2.24, 2.45) is 5.92 Å². The van der Waals surface area contributed by atoms with Gasteiger partial charge in [0.05, 0.1) is 19.1 Å². The number of nitrogens with one attached hydrogen (secondary N) is 1. The second-order valence-corrected chi connectivity index (χ2v) is 7.96. The van der Waals surface area contributed by atoms with Crippen molar-refractivity contribution in [3.8, 4) is 11.6 Å². The molecule has 2 aromatic rings. The van der Waals surface area contributed by atoms with Crippen LogP contribution in [0.15, 0.2) is 48.7 Å². The first kappa shape index (κ1) is 22.6. The molecular weight excluding hydrogens is 394 g/mol. The number of likely N-dealkylation sites (tertiary alicyclic amines) is 1. The Morgan fingerprint density at radius 2 is 1.87 bits per heavy atom. The minimum absolute atomic E-state index is 0.0296. The molecule has 0 spiro atoms. The van der Waals surface area contributed by atoms with Crippen LogP contribution in [0.5, 0.6) is 11.6 Å². The second kappa shape index (κ2) is 11.3. The normalized spacial score (nSPS) is 14.4. The summed E-state index contributed by atoms with van der Waals surface area (Å²) in [4.78, 5) is 31.0. The molecule has 0 atom stereocenters. The maximum Gasteiger partial charge on any atom is 0.225 e. The lowest BCUT2D eigenvalue weighted by Crippen LogP contribution is -2.43. The Kier molecular flexibility index (Phi) is 8.27. The van der Waals surface area contributed by atoms with Crippen molar-refractivity contribution in [1.29, 1.82) is 0 Å². The molecule has 1 saturated heterocycles. The molecule has 7 nitrogen and oxygen atoms in total. The molecule has 1 aromatic carbocycles. The number of aromatic nitrogens is 1. The molecule has 3 rings (SSSR count). The largest absolute Gasteiger partial charge is 0.493 e. The number of amides is 2. The summed E-state index contributed by atoms with van der Waals surface area (Å²) in [6, 6.07) is 13.2. The van der Waals surface area contributed by atoms with Crippen molar-refractivity contribution in [2.45, 2.75) is 45.8 Å². The third-order valence-electron chi connectivity index (χ3n) is 5.17. The summed E-state index contributed by atoms with van der Waals surface area (Å²) < 4.78 is 11.1. The molecule has 1 aliphatic rings. The van der Waals surface area contributed by atoms with Gasteiger partial charge in [-0.3, -0.25) is 9.59 Å². The molecule has 1 aromatic heterocycles. The Morgan fingerprint density at radius 1 is 1.13 bits per heavy atom. The van der Waals surface area contributed by atoms with E-state index in [1.807, 2.05) is 61.2 Å². The first-order chi connectivity index (χ1) is 15.0. The zero-order valence-corrected chi connectivity index (χ0v) is 18.3. The Labute approximate surface area is 183 Å². The number of hydrogen-bond acceptors (Lipinski definition) is 5. The van der Waals surface area contributed by atoms with Crippen molar-refractivity contribution in [2.75, 3.05) is 19.7 Å². The number of ether oxygens (including phenoxy) is 2. The molecule has 0 saturated carbocycles. The quantitative estimate of drug-likeness (QED) is 0.667. The van der Waals surface area contributed by atoms with Crippen LogP contribution in [0, 0.1) is 5.92 Å². The van der Waals surface area contributed by atoms with Crippen LogP contribution in [-0.4, -0.2) is 47.5 Å². The fourth-order valence-corrected chi connectivity index (χ4v) is 3.48. The lowest BCUT2D eigenvalue weighted by molar-refractivity contribution is -0.136. The van der Waals surface area contributed by atoms with Gasteiger partial charge in [0, 0.05) is 37.8 Å². The molecule has 0 radical (unpaired) electrons. The Hall–Kier alpha value is -3.09. The van der Waals surface area contributed by atoms with Gasteiger partial charge < -0.3 is 19.7 Å². The third kappa shape index (κ3) is 7.27. The van der Waals surface area contributed by atoms with Crippen LogP contribution >= 0.6 is 0 Å². The smallest absolute Gasteiger partial charge is 0.225 e. The van der Waals surface area contributed by atoms with Gasteiger partial charge in [-0.1, -0.05) is 24.3 Å². The van der Waals surface area contributed by atoms with Gasteiger partial charge in [0.2, 0.25) is 17.7 Å². The number of piperidine rings is 1. The average molecular weight is 426 g/mol. The first-order valence-electron chi connectivity index (χ1n) is 10.9. The number of hydrogen-bond donors (Lipinski definition) is 1. The van der Waals surface area contributed by atoms with Gasteiger partial charge in [-0.2, -0.15) is 0 Å².